The standard InChI is InChI=1S/C14H14N2O5S2/c17-13(16-14-15-4-7-22-14)3-8-23(18,19)10-1-2-11-12(9-10)21-6-5-20-11/h1-2,4,7,9H,3,5-6,8H2,(H,15,16,17). The zero-order valence-electron chi connectivity index (χ0n) is 12.0. The first-order chi connectivity index (χ1) is 11.0. The maximum absolute atomic E-state index is 12.3. The first-order valence-electron chi connectivity index (χ1n) is 6.86. The van der Waals surface area contributed by atoms with Gasteiger partial charge in [0.25, 0.3) is 0 Å². The van der Waals surface area contributed by atoms with Crippen molar-refractivity contribution in [3.05, 3.63) is 29.8 Å². The van der Waals surface area contributed by atoms with Crippen LogP contribution >= 0.6 is 11.3 Å². The molecule has 0 spiro atoms. The van der Waals surface area contributed by atoms with Gasteiger partial charge in [-0.25, -0.2) is 13.4 Å². The lowest BCUT2D eigenvalue weighted by molar-refractivity contribution is -0.115. The number of nitrogens with one attached hydrogen (secondary N) is 1. The SMILES string of the molecule is O=C(CCS(=O)(=O)c1ccc2c(c1)OCCO2)Nc1nccs1. The number of hydrogen-bond donors (Lipinski definition) is 1. The van der Waals surface area contributed by atoms with E-state index in [0.29, 0.717) is 29.8 Å². The number of benzene rings is 1. The average Bonchev–Trinajstić information content (AvgIpc) is 3.05. The number of anilines is 1. The lowest BCUT2D eigenvalue weighted by Gasteiger charge is -2.18. The fourth-order valence-electron chi connectivity index (χ4n) is 2.03. The van der Waals surface area contributed by atoms with E-state index < -0.39 is 9.84 Å². The Kier molecular flexibility index (Phi) is 4.49. The summed E-state index contributed by atoms with van der Waals surface area (Å²) in [6.07, 6.45) is 1.42. The van der Waals surface area contributed by atoms with Crippen molar-refractivity contribution in [1.29, 1.82) is 0 Å². The van der Waals surface area contributed by atoms with E-state index in [2.05, 4.69) is 10.3 Å². The summed E-state index contributed by atoms with van der Waals surface area (Å²) in [5.74, 6) is 0.256. The van der Waals surface area contributed by atoms with Crippen LogP contribution in [0.5, 0.6) is 11.5 Å². The van der Waals surface area contributed by atoms with Gasteiger partial charge < -0.3 is 14.8 Å². The Morgan fingerprint density at radius 2 is 2.04 bits per heavy atom. The minimum Gasteiger partial charge on any atom is -0.486 e. The Balaban J connectivity index is 1.65. The van der Waals surface area contributed by atoms with Gasteiger partial charge in [0, 0.05) is 24.1 Å². The normalized spacial score (nSPS) is 13.6. The summed E-state index contributed by atoms with van der Waals surface area (Å²) in [7, 11) is -3.58. The van der Waals surface area contributed by atoms with Crippen molar-refractivity contribution in [2.45, 2.75) is 11.3 Å². The third-order valence-corrected chi connectivity index (χ3v) is 5.55. The third-order valence-electron chi connectivity index (χ3n) is 3.15. The summed E-state index contributed by atoms with van der Waals surface area (Å²) < 4.78 is 35.4. The highest BCUT2D eigenvalue weighted by Crippen LogP contribution is 2.32. The van der Waals surface area contributed by atoms with Gasteiger partial charge in [0.2, 0.25) is 5.91 Å². The molecule has 0 fully saturated rings. The molecule has 7 nitrogen and oxygen atoms in total. The second-order valence-electron chi connectivity index (χ2n) is 4.76. The highest BCUT2D eigenvalue weighted by atomic mass is 32.2. The molecule has 2 aromatic rings. The van der Waals surface area contributed by atoms with Crippen LogP contribution in [-0.4, -0.2) is 38.3 Å². The van der Waals surface area contributed by atoms with E-state index in [0.717, 1.165) is 0 Å². The van der Waals surface area contributed by atoms with Gasteiger partial charge in [-0.2, -0.15) is 0 Å². The van der Waals surface area contributed by atoms with Crippen LogP contribution in [-0.2, 0) is 14.6 Å². The Labute approximate surface area is 137 Å². The number of ether oxygens (including phenoxy) is 2. The highest BCUT2D eigenvalue weighted by molar-refractivity contribution is 7.91. The number of nitrogens with zero attached hydrogens (tertiary/aromatic N) is 1. The third kappa shape index (κ3) is 3.80. The maximum Gasteiger partial charge on any atom is 0.227 e. The van der Waals surface area contributed by atoms with E-state index in [1.54, 1.807) is 17.6 Å². The number of amides is 1. The van der Waals surface area contributed by atoms with Crippen LogP contribution in [0.4, 0.5) is 5.13 Å². The summed E-state index contributed by atoms with van der Waals surface area (Å²) >= 11 is 1.27. The molecule has 2 heterocycles. The zero-order valence-corrected chi connectivity index (χ0v) is 13.7. The van der Waals surface area contributed by atoms with Gasteiger partial charge in [-0.1, -0.05) is 0 Å². The number of carbonyl (C=O) groups excluding carboxylic acids is 1. The molecule has 1 aromatic heterocycles. The minimum absolute atomic E-state index is 0.115. The first-order valence-corrected chi connectivity index (χ1v) is 9.39. The molecule has 1 aliphatic rings. The predicted molar refractivity (Wildman–Crippen MR) is 84.8 cm³/mol. The molecule has 1 aliphatic heterocycles. The molecular weight excluding hydrogens is 340 g/mol. The van der Waals surface area contributed by atoms with Crippen LogP contribution in [0.1, 0.15) is 6.42 Å². The van der Waals surface area contributed by atoms with E-state index in [9.17, 15) is 13.2 Å². The molecule has 9 heteroatoms. The molecule has 122 valence electrons. The number of sulfone groups is 1. The lowest BCUT2D eigenvalue weighted by Crippen LogP contribution is -2.18. The molecule has 0 atom stereocenters. The van der Waals surface area contributed by atoms with Crippen LogP contribution in [0.25, 0.3) is 0 Å². The number of aromatic nitrogens is 1. The van der Waals surface area contributed by atoms with Crippen LogP contribution < -0.4 is 14.8 Å². The molecule has 1 N–H and O–H groups in total. The number of fused-ring (bicyclic) bond motifs is 1. The molecule has 1 amide bonds. The van der Waals surface area contributed by atoms with Crippen molar-refractivity contribution in [3.63, 3.8) is 0 Å². The van der Waals surface area contributed by atoms with Crippen LogP contribution in [0.2, 0.25) is 0 Å². The number of thiazole rings is 1. The van der Waals surface area contributed by atoms with Crippen molar-refractivity contribution in [3.8, 4) is 11.5 Å². The number of carbonyl (C=O) groups is 1. The van der Waals surface area contributed by atoms with Gasteiger partial charge >= 0.3 is 0 Å². The predicted octanol–water partition coefficient (Wildman–Crippen LogP) is 1.72. The highest BCUT2D eigenvalue weighted by Gasteiger charge is 2.20. The maximum atomic E-state index is 12.3. The molecule has 1 aromatic carbocycles. The summed E-state index contributed by atoms with van der Waals surface area (Å²) in [6, 6.07) is 4.46. The van der Waals surface area contributed by atoms with E-state index in [4.69, 9.17) is 9.47 Å². The fourth-order valence-corrected chi connectivity index (χ4v) is 3.83. The molecule has 0 unspecified atom stereocenters. The molecule has 3 rings (SSSR count). The quantitative estimate of drug-likeness (QED) is 0.878. The van der Waals surface area contributed by atoms with Gasteiger partial charge in [0.1, 0.15) is 13.2 Å². The van der Waals surface area contributed by atoms with Crippen LogP contribution in [0.3, 0.4) is 0 Å². The largest absolute Gasteiger partial charge is 0.486 e. The smallest absolute Gasteiger partial charge is 0.227 e. The summed E-state index contributed by atoms with van der Waals surface area (Å²) in [6.45, 7) is 0.822. The van der Waals surface area contributed by atoms with E-state index >= 15 is 0 Å². The number of hydrogen-bond acceptors (Lipinski definition) is 7. The van der Waals surface area contributed by atoms with Gasteiger partial charge in [0.15, 0.2) is 26.5 Å². The van der Waals surface area contributed by atoms with Crippen LogP contribution in [0.15, 0.2) is 34.7 Å². The first kappa shape index (κ1) is 15.8. The van der Waals surface area contributed by atoms with Crippen molar-refractivity contribution < 1.29 is 22.7 Å². The van der Waals surface area contributed by atoms with Gasteiger partial charge in [0.05, 0.1) is 10.6 Å². The summed E-state index contributed by atoms with van der Waals surface area (Å²) in [5.41, 5.74) is 0. The van der Waals surface area contributed by atoms with E-state index in [1.165, 1.54) is 23.5 Å². The average molecular weight is 354 g/mol. The Morgan fingerprint density at radius 3 is 2.78 bits per heavy atom. The minimum atomic E-state index is -3.58. The molecular formula is C14H14N2O5S2. The molecule has 0 radical (unpaired) electrons. The van der Waals surface area contributed by atoms with E-state index in [-0.39, 0.29) is 23.0 Å². The monoisotopic (exact) mass is 354 g/mol. The van der Waals surface area contributed by atoms with Gasteiger partial charge in [-0.05, 0) is 12.1 Å². The van der Waals surface area contributed by atoms with Crippen molar-refractivity contribution in [1.82, 2.24) is 4.98 Å². The van der Waals surface area contributed by atoms with Gasteiger partial charge in [-0.3, -0.25) is 4.79 Å². The molecule has 0 saturated carbocycles. The second-order valence-corrected chi connectivity index (χ2v) is 7.76. The molecule has 0 aliphatic carbocycles. The Hall–Kier alpha value is -2.13. The van der Waals surface area contributed by atoms with Gasteiger partial charge in [-0.15, -0.1) is 11.3 Å². The van der Waals surface area contributed by atoms with Crippen molar-refractivity contribution in [2.75, 3.05) is 24.3 Å². The zero-order chi connectivity index (χ0) is 16.3. The van der Waals surface area contributed by atoms with E-state index in [1.807, 2.05) is 0 Å². The lowest BCUT2D eigenvalue weighted by atomic mass is 10.3. The molecule has 0 saturated heterocycles. The molecule has 23 heavy (non-hydrogen) atoms. The van der Waals surface area contributed by atoms with Crippen molar-refractivity contribution in [2.24, 2.45) is 0 Å². The summed E-state index contributed by atoms with van der Waals surface area (Å²) in [4.78, 5) is 15.8. The second kappa shape index (κ2) is 6.55. The Bertz CT molecular complexity index is 803. The van der Waals surface area contributed by atoms with Crippen LogP contribution in [0, 0.1) is 0 Å². The summed E-state index contributed by atoms with van der Waals surface area (Å²) in [5, 5.41) is 4.73. The van der Waals surface area contributed by atoms with Crippen molar-refractivity contribution >= 4 is 32.2 Å². The fraction of sp³-hybridized carbons (Fsp3) is 0.286. The number of rotatable bonds is 5. The Morgan fingerprint density at radius 1 is 1.26 bits per heavy atom. The topological polar surface area (TPSA) is 94.6 Å². The molecule has 0 bridgehead atoms.